The van der Waals surface area contributed by atoms with Crippen molar-refractivity contribution in [3.63, 3.8) is 0 Å². The van der Waals surface area contributed by atoms with Crippen LogP contribution in [0.3, 0.4) is 0 Å². The van der Waals surface area contributed by atoms with E-state index in [-0.39, 0.29) is 13.0 Å². The Morgan fingerprint density at radius 2 is 1.39 bits per heavy atom. The summed E-state index contributed by atoms with van der Waals surface area (Å²) in [5.41, 5.74) is -1.89. The van der Waals surface area contributed by atoms with Crippen LogP contribution in [0.1, 0.15) is 90.9 Å². The second kappa shape index (κ2) is 13.3. The number of ether oxygens (including phenoxy) is 1. The second-order valence-electron chi connectivity index (χ2n) is 6.32. The molecular formula is C18H34O5. The summed E-state index contributed by atoms with van der Waals surface area (Å²) in [4.78, 5) is 23.0. The quantitative estimate of drug-likeness (QED) is 0.349. The van der Waals surface area contributed by atoms with E-state index in [1.807, 2.05) is 0 Å². The fourth-order valence-corrected chi connectivity index (χ4v) is 2.54. The third kappa shape index (κ3) is 11.1. The van der Waals surface area contributed by atoms with Gasteiger partial charge in [-0.3, -0.25) is 4.79 Å². The zero-order valence-electron chi connectivity index (χ0n) is 14.8. The van der Waals surface area contributed by atoms with E-state index < -0.39 is 24.0 Å². The van der Waals surface area contributed by atoms with Crippen LogP contribution in [0, 0.1) is 0 Å². The molecule has 0 aromatic rings. The van der Waals surface area contributed by atoms with Gasteiger partial charge < -0.3 is 14.9 Å². The molecule has 0 rings (SSSR count). The smallest absolute Gasteiger partial charge is 0.338 e. The predicted octanol–water partition coefficient (Wildman–Crippen LogP) is 4.07. The highest BCUT2D eigenvalue weighted by Crippen LogP contribution is 2.22. The monoisotopic (exact) mass is 330 g/mol. The Morgan fingerprint density at radius 1 is 0.870 bits per heavy atom. The minimum Gasteiger partial charge on any atom is -0.481 e. The standard InChI is InChI=1S/C18H34O5/c1-3-5-7-9-10-11-13-18(22,15-16(19)20)17(21)23-14-12-8-6-4-2/h22H,3-15H2,1-2H3,(H,19,20). The summed E-state index contributed by atoms with van der Waals surface area (Å²) in [6, 6.07) is 0. The van der Waals surface area contributed by atoms with Crippen LogP contribution in [0.15, 0.2) is 0 Å². The lowest BCUT2D eigenvalue weighted by molar-refractivity contribution is -0.172. The van der Waals surface area contributed by atoms with Gasteiger partial charge >= 0.3 is 11.9 Å². The van der Waals surface area contributed by atoms with Crippen molar-refractivity contribution in [2.75, 3.05) is 6.61 Å². The number of rotatable bonds is 15. The number of carboxylic acid groups (broad SMARTS) is 1. The van der Waals surface area contributed by atoms with E-state index >= 15 is 0 Å². The third-order valence-electron chi connectivity index (χ3n) is 4.00. The maximum atomic E-state index is 12.1. The molecule has 0 heterocycles. The Morgan fingerprint density at radius 3 is 1.96 bits per heavy atom. The molecule has 0 aliphatic rings. The van der Waals surface area contributed by atoms with Crippen LogP contribution in [0.5, 0.6) is 0 Å². The van der Waals surface area contributed by atoms with Gasteiger partial charge in [-0.1, -0.05) is 65.2 Å². The molecule has 5 heteroatoms. The van der Waals surface area contributed by atoms with Gasteiger partial charge in [0.2, 0.25) is 0 Å². The van der Waals surface area contributed by atoms with Crippen molar-refractivity contribution in [3.8, 4) is 0 Å². The minimum atomic E-state index is -1.89. The summed E-state index contributed by atoms with van der Waals surface area (Å²) in [5, 5.41) is 19.3. The van der Waals surface area contributed by atoms with Crippen LogP contribution in [-0.2, 0) is 14.3 Å². The number of hydrogen-bond acceptors (Lipinski definition) is 4. The van der Waals surface area contributed by atoms with Gasteiger partial charge in [0.15, 0.2) is 5.60 Å². The maximum absolute atomic E-state index is 12.1. The number of carboxylic acids is 1. The van der Waals surface area contributed by atoms with Crippen molar-refractivity contribution in [3.05, 3.63) is 0 Å². The molecular weight excluding hydrogens is 296 g/mol. The molecule has 0 fully saturated rings. The first-order valence-electron chi connectivity index (χ1n) is 9.07. The van der Waals surface area contributed by atoms with Crippen LogP contribution in [0.25, 0.3) is 0 Å². The summed E-state index contributed by atoms with van der Waals surface area (Å²) in [7, 11) is 0. The summed E-state index contributed by atoms with van der Waals surface area (Å²) in [6.45, 7) is 4.48. The van der Waals surface area contributed by atoms with E-state index in [0.29, 0.717) is 6.42 Å². The predicted molar refractivity (Wildman–Crippen MR) is 90.3 cm³/mol. The van der Waals surface area contributed by atoms with Crippen molar-refractivity contribution in [1.82, 2.24) is 0 Å². The van der Waals surface area contributed by atoms with Crippen molar-refractivity contribution in [2.45, 2.75) is 96.5 Å². The fourth-order valence-electron chi connectivity index (χ4n) is 2.54. The molecule has 0 bridgehead atoms. The molecule has 0 aromatic carbocycles. The normalized spacial score (nSPS) is 13.5. The molecule has 0 saturated carbocycles. The number of carbonyl (C=O) groups excluding carboxylic acids is 1. The molecule has 0 saturated heterocycles. The van der Waals surface area contributed by atoms with E-state index in [9.17, 15) is 14.7 Å². The molecule has 1 atom stereocenters. The van der Waals surface area contributed by atoms with Gasteiger partial charge in [0, 0.05) is 0 Å². The molecule has 2 N–H and O–H groups in total. The number of esters is 1. The van der Waals surface area contributed by atoms with Gasteiger partial charge in [0.05, 0.1) is 13.0 Å². The highest BCUT2D eigenvalue weighted by atomic mass is 16.5. The molecule has 5 nitrogen and oxygen atoms in total. The molecule has 0 aliphatic heterocycles. The number of hydrogen-bond donors (Lipinski definition) is 2. The number of unbranched alkanes of at least 4 members (excludes halogenated alkanes) is 8. The van der Waals surface area contributed by atoms with Crippen molar-refractivity contribution < 1.29 is 24.5 Å². The molecule has 0 spiro atoms. The van der Waals surface area contributed by atoms with E-state index in [0.717, 1.165) is 51.4 Å². The Hall–Kier alpha value is -1.10. The summed E-state index contributed by atoms with van der Waals surface area (Å²) in [5.74, 6) is -1.97. The molecule has 136 valence electrons. The Kier molecular flexibility index (Phi) is 12.7. The molecule has 1 unspecified atom stereocenters. The van der Waals surface area contributed by atoms with Gasteiger partial charge in [0.1, 0.15) is 0 Å². The van der Waals surface area contributed by atoms with Crippen LogP contribution in [-0.4, -0.2) is 34.4 Å². The van der Waals surface area contributed by atoms with Gasteiger partial charge in [-0.05, 0) is 19.3 Å². The topological polar surface area (TPSA) is 83.8 Å². The molecule has 0 aromatic heterocycles. The fraction of sp³-hybridized carbons (Fsp3) is 0.889. The van der Waals surface area contributed by atoms with Crippen molar-refractivity contribution >= 4 is 11.9 Å². The first-order chi connectivity index (χ1) is 11.0. The van der Waals surface area contributed by atoms with E-state index in [1.165, 1.54) is 6.42 Å². The largest absolute Gasteiger partial charge is 0.481 e. The Bertz CT molecular complexity index is 329. The summed E-state index contributed by atoms with van der Waals surface area (Å²) >= 11 is 0. The van der Waals surface area contributed by atoms with Crippen molar-refractivity contribution in [1.29, 1.82) is 0 Å². The average Bonchev–Trinajstić information content (AvgIpc) is 2.49. The zero-order chi connectivity index (χ0) is 17.6. The van der Waals surface area contributed by atoms with Crippen molar-refractivity contribution in [2.24, 2.45) is 0 Å². The lowest BCUT2D eigenvalue weighted by atomic mass is 9.92. The van der Waals surface area contributed by atoms with Crippen LogP contribution < -0.4 is 0 Å². The number of carbonyl (C=O) groups is 2. The van der Waals surface area contributed by atoms with E-state index in [4.69, 9.17) is 9.84 Å². The third-order valence-corrected chi connectivity index (χ3v) is 4.00. The lowest BCUT2D eigenvalue weighted by Gasteiger charge is -2.24. The van der Waals surface area contributed by atoms with Gasteiger partial charge in [-0.25, -0.2) is 4.79 Å². The van der Waals surface area contributed by atoms with Gasteiger partial charge in [-0.2, -0.15) is 0 Å². The second-order valence-corrected chi connectivity index (χ2v) is 6.32. The minimum absolute atomic E-state index is 0.152. The number of aliphatic hydroxyl groups is 1. The molecule has 0 radical (unpaired) electrons. The highest BCUT2D eigenvalue weighted by molar-refractivity contribution is 5.85. The average molecular weight is 330 g/mol. The Labute approximate surface area is 140 Å². The van der Waals surface area contributed by atoms with Gasteiger partial charge in [-0.15, -0.1) is 0 Å². The lowest BCUT2D eigenvalue weighted by Crippen LogP contribution is -2.42. The first-order valence-corrected chi connectivity index (χ1v) is 9.07. The van der Waals surface area contributed by atoms with E-state index in [1.54, 1.807) is 0 Å². The van der Waals surface area contributed by atoms with E-state index in [2.05, 4.69) is 13.8 Å². The first kappa shape index (κ1) is 21.9. The molecule has 0 amide bonds. The zero-order valence-corrected chi connectivity index (χ0v) is 14.8. The van der Waals surface area contributed by atoms with Crippen LogP contribution in [0.2, 0.25) is 0 Å². The highest BCUT2D eigenvalue weighted by Gasteiger charge is 2.39. The van der Waals surface area contributed by atoms with Gasteiger partial charge in [0.25, 0.3) is 0 Å². The Balaban J connectivity index is 4.23. The molecule has 0 aliphatic carbocycles. The maximum Gasteiger partial charge on any atom is 0.338 e. The summed E-state index contributed by atoms with van der Waals surface area (Å²) < 4.78 is 5.10. The van der Waals surface area contributed by atoms with Crippen LogP contribution >= 0.6 is 0 Å². The summed E-state index contributed by atoms with van der Waals surface area (Å²) in [6.07, 6.45) is 9.51. The SMILES string of the molecule is CCCCCCCCC(O)(CC(=O)O)C(=O)OCCCCCC. The van der Waals surface area contributed by atoms with Crippen LogP contribution in [0.4, 0.5) is 0 Å². The number of aliphatic carboxylic acids is 1. The molecule has 23 heavy (non-hydrogen) atoms.